The number of ether oxygens (including phenoxy) is 1. The number of hydrogen-bond acceptors (Lipinski definition) is 3. The van der Waals surface area contributed by atoms with E-state index < -0.39 is 0 Å². The number of nitrogens with one attached hydrogen (secondary N) is 1. The highest BCUT2D eigenvalue weighted by Crippen LogP contribution is 2.18. The van der Waals surface area contributed by atoms with Crippen LogP contribution >= 0.6 is 0 Å². The van der Waals surface area contributed by atoms with E-state index >= 15 is 0 Å². The molecular formula is C14H28N2O. The van der Waals surface area contributed by atoms with Gasteiger partial charge in [0.2, 0.25) is 0 Å². The van der Waals surface area contributed by atoms with Crippen LogP contribution < -0.4 is 5.32 Å². The molecule has 0 aromatic rings. The summed E-state index contributed by atoms with van der Waals surface area (Å²) in [5, 5.41) is 3.59. The van der Waals surface area contributed by atoms with Gasteiger partial charge in [0.1, 0.15) is 0 Å². The van der Waals surface area contributed by atoms with E-state index in [-0.39, 0.29) is 0 Å². The molecule has 2 fully saturated rings. The third kappa shape index (κ3) is 4.57. The molecule has 2 rings (SSSR count). The van der Waals surface area contributed by atoms with Gasteiger partial charge in [-0.3, -0.25) is 4.90 Å². The SMILES string of the molecule is CCC1COC(C)CN1CCCCNC1CC1. The van der Waals surface area contributed by atoms with E-state index in [2.05, 4.69) is 24.1 Å². The highest BCUT2D eigenvalue weighted by molar-refractivity contribution is 4.81. The van der Waals surface area contributed by atoms with Crippen molar-refractivity contribution in [2.24, 2.45) is 0 Å². The van der Waals surface area contributed by atoms with E-state index in [1.54, 1.807) is 0 Å². The third-order valence-corrected chi connectivity index (χ3v) is 3.93. The molecule has 1 aliphatic heterocycles. The fraction of sp³-hybridized carbons (Fsp3) is 1.00. The Morgan fingerprint density at radius 2 is 2.12 bits per heavy atom. The van der Waals surface area contributed by atoms with Crippen molar-refractivity contribution in [3.8, 4) is 0 Å². The van der Waals surface area contributed by atoms with Crippen molar-refractivity contribution in [2.75, 3.05) is 26.2 Å². The second kappa shape index (κ2) is 6.72. The summed E-state index contributed by atoms with van der Waals surface area (Å²) in [5.41, 5.74) is 0. The maximum absolute atomic E-state index is 5.72. The van der Waals surface area contributed by atoms with Crippen molar-refractivity contribution in [1.82, 2.24) is 10.2 Å². The zero-order valence-corrected chi connectivity index (χ0v) is 11.5. The molecule has 0 amide bonds. The van der Waals surface area contributed by atoms with Crippen LogP contribution in [0.4, 0.5) is 0 Å². The molecule has 1 aliphatic carbocycles. The Morgan fingerprint density at radius 3 is 2.82 bits per heavy atom. The van der Waals surface area contributed by atoms with Crippen LogP contribution in [0.1, 0.15) is 46.0 Å². The van der Waals surface area contributed by atoms with Gasteiger partial charge in [0.15, 0.2) is 0 Å². The van der Waals surface area contributed by atoms with Gasteiger partial charge in [-0.15, -0.1) is 0 Å². The molecule has 17 heavy (non-hydrogen) atoms. The lowest BCUT2D eigenvalue weighted by Gasteiger charge is -2.38. The average molecular weight is 240 g/mol. The highest BCUT2D eigenvalue weighted by Gasteiger charge is 2.24. The summed E-state index contributed by atoms with van der Waals surface area (Å²) in [4.78, 5) is 2.63. The molecule has 0 aromatic carbocycles. The normalized spacial score (nSPS) is 30.7. The van der Waals surface area contributed by atoms with E-state index in [9.17, 15) is 0 Å². The Kier molecular flexibility index (Phi) is 5.26. The predicted octanol–water partition coefficient (Wildman–Crippen LogP) is 2.02. The predicted molar refractivity (Wildman–Crippen MR) is 71.3 cm³/mol. The summed E-state index contributed by atoms with van der Waals surface area (Å²) in [6.07, 6.45) is 7.08. The van der Waals surface area contributed by atoms with Crippen LogP contribution in [0.3, 0.4) is 0 Å². The van der Waals surface area contributed by atoms with Gasteiger partial charge in [0, 0.05) is 18.6 Å². The van der Waals surface area contributed by atoms with Gasteiger partial charge in [-0.2, -0.15) is 0 Å². The summed E-state index contributed by atoms with van der Waals surface area (Å²) in [6, 6.07) is 1.52. The Hall–Kier alpha value is -0.120. The van der Waals surface area contributed by atoms with Crippen LogP contribution in [-0.2, 0) is 4.74 Å². The standard InChI is InChI=1S/C14H28N2O/c1-3-14-11-17-12(2)10-16(14)9-5-4-8-15-13-6-7-13/h12-15H,3-11H2,1-2H3. The molecular weight excluding hydrogens is 212 g/mol. The third-order valence-electron chi connectivity index (χ3n) is 3.93. The lowest BCUT2D eigenvalue weighted by Crippen LogP contribution is -2.48. The Balaban J connectivity index is 1.57. The van der Waals surface area contributed by atoms with Crippen molar-refractivity contribution in [3.05, 3.63) is 0 Å². The van der Waals surface area contributed by atoms with Crippen LogP contribution in [0.25, 0.3) is 0 Å². The number of nitrogens with zero attached hydrogens (tertiary/aromatic N) is 1. The molecule has 2 atom stereocenters. The maximum atomic E-state index is 5.72. The average Bonchev–Trinajstić information content (AvgIpc) is 3.13. The molecule has 1 saturated carbocycles. The Bertz CT molecular complexity index is 218. The minimum absolute atomic E-state index is 0.419. The summed E-state index contributed by atoms with van der Waals surface area (Å²) in [7, 11) is 0. The molecule has 100 valence electrons. The largest absolute Gasteiger partial charge is 0.376 e. The van der Waals surface area contributed by atoms with E-state index in [4.69, 9.17) is 4.74 Å². The van der Waals surface area contributed by atoms with Gasteiger partial charge in [0.05, 0.1) is 12.7 Å². The van der Waals surface area contributed by atoms with Crippen LogP contribution in [0.2, 0.25) is 0 Å². The number of morpholine rings is 1. The molecule has 1 N–H and O–H groups in total. The van der Waals surface area contributed by atoms with Gasteiger partial charge in [-0.05, 0) is 52.1 Å². The number of rotatable bonds is 7. The molecule has 1 saturated heterocycles. The van der Waals surface area contributed by atoms with Crippen LogP contribution in [0.5, 0.6) is 0 Å². The lowest BCUT2D eigenvalue weighted by molar-refractivity contribution is -0.0560. The van der Waals surface area contributed by atoms with Gasteiger partial charge in [0.25, 0.3) is 0 Å². The van der Waals surface area contributed by atoms with Crippen molar-refractivity contribution >= 4 is 0 Å². The van der Waals surface area contributed by atoms with Crippen LogP contribution in [-0.4, -0.2) is 49.3 Å². The van der Waals surface area contributed by atoms with Crippen molar-refractivity contribution < 1.29 is 4.74 Å². The number of unbranched alkanes of at least 4 members (excludes halogenated alkanes) is 1. The van der Waals surface area contributed by atoms with Crippen LogP contribution in [0.15, 0.2) is 0 Å². The lowest BCUT2D eigenvalue weighted by atomic mass is 10.1. The molecule has 0 radical (unpaired) electrons. The Morgan fingerprint density at radius 1 is 1.29 bits per heavy atom. The zero-order valence-electron chi connectivity index (χ0n) is 11.5. The highest BCUT2D eigenvalue weighted by atomic mass is 16.5. The smallest absolute Gasteiger partial charge is 0.0674 e. The maximum Gasteiger partial charge on any atom is 0.0674 e. The summed E-state index contributed by atoms with van der Waals surface area (Å²) in [5.74, 6) is 0. The summed E-state index contributed by atoms with van der Waals surface area (Å²) >= 11 is 0. The minimum Gasteiger partial charge on any atom is -0.376 e. The van der Waals surface area contributed by atoms with Crippen molar-refractivity contribution in [2.45, 2.75) is 64.1 Å². The van der Waals surface area contributed by atoms with E-state index in [1.807, 2.05) is 0 Å². The molecule has 2 unspecified atom stereocenters. The fourth-order valence-corrected chi connectivity index (χ4v) is 2.60. The first-order chi connectivity index (χ1) is 8.29. The molecule has 3 heteroatoms. The summed E-state index contributed by atoms with van der Waals surface area (Å²) < 4.78 is 5.72. The Labute approximate surface area is 106 Å². The van der Waals surface area contributed by atoms with E-state index in [0.29, 0.717) is 12.1 Å². The minimum atomic E-state index is 0.419. The quantitative estimate of drug-likeness (QED) is 0.689. The first kappa shape index (κ1) is 13.3. The molecule has 0 bridgehead atoms. The topological polar surface area (TPSA) is 24.5 Å². The van der Waals surface area contributed by atoms with E-state index in [0.717, 1.165) is 19.2 Å². The van der Waals surface area contributed by atoms with E-state index in [1.165, 1.54) is 45.2 Å². The van der Waals surface area contributed by atoms with Crippen molar-refractivity contribution in [1.29, 1.82) is 0 Å². The summed E-state index contributed by atoms with van der Waals surface area (Å²) in [6.45, 7) is 8.96. The van der Waals surface area contributed by atoms with Gasteiger partial charge in [-0.25, -0.2) is 0 Å². The molecule has 3 nitrogen and oxygen atoms in total. The molecule has 2 aliphatic rings. The zero-order chi connectivity index (χ0) is 12.1. The van der Waals surface area contributed by atoms with Gasteiger partial charge < -0.3 is 10.1 Å². The van der Waals surface area contributed by atoms with Crippen molar-refractivity contribution in [3.63, 3.8) is 0 Å². The first-order valence-electron chi connectivity index (χ1n) is 7.38. The second-order valence-electron chi connectivity index (χ2n) is 5.64. The van der Waals surface area contributed by atoms with Crippen LogP contribution in [0, 0.1) is 0 Å². The fourth-order valence-electron chi connectivity index (χ4n) is 2.60. The molecule has 1 heterocycles. The van der Waals surface area contributed by atoms with Gasteiger partial charge in [-0.1, -0.05) is 6.92 Å². The number of hydrogen-bond donors (Lipinski definition) is 1. The molecule has 0 spiro atoms. The first-order valence-corrected chi connectivity index (χ1v) is 7.38. The second-order valence-corrected chi connectivity index (χ2v) is 5.64. The van der Waals surface area contributed by atoms with Gasteiger partial charge >= 0.3 is 0 Å². The molecule has 0 aromatic heterocycles. The monoisotopic (exact) mass is 240 g/mol.